The molecule has 1 amide bonds. The summed E-state index contributed by atoms with van der Waals surface area (Å²) in [7, 11) is 0. The molecule has 0 bridgehead atoms. The van der Waals surface area contributed by atoms with Crippen molar-refractivity contribution in [3.8, 4) is 0 Å². The average Bonchev–Trinajstić information content (AvgIpc) is 2.81. The summed E-state index contributed by atoms with van der Waals surface area (Å²) in [6.07, 6.45) is 4.58. The summed E-state index contributed by atoms with van der Waals surface area (Å²) in [4.78, 5) is 18.7. The molecular formula is C14H24N4O. The summed E-state index contributed by atoms with van der Waals surface area (Å²) in [5.41, 5.74) is 5.91. The molecule has 5 heteroatoms. The van der Waals surface area contributed by atoms with Gasteiger partial charge in [0.15, 0.2) is 0 Å². The Kier molecular flexibility index (Phi) is 3.94. The number of nitrogens with zero attached hydrogens (tertiary/aromatic N) is 3. The number of amides is 1. The van der Waals surface area contributed by atoms with Crippen LogP contribution in [0.2, 0.25) is 0 Å². The number of aromatic nitrogens is 2. The monoisotopic (exact) mass is 264 g/mol. The zero-order valence-corrected chi connectivity index (χ0v) is 12.1. The van der Waals surface area contributed by atoms with Gasteiger partial charge in [0.2, 0.25) is 5.91 Å². The van der Waals surface area contributed by atoms with Crippen molar-refractivity contribution in [2.75, 3.05) is 13.1 Å². The molecule has 0 spiro atoms. The van der Waals surface area contributed by atoms with Gasteiger partial charge in [-0.15, -0.1) is 0 Å². The van der Waals surface area contributed by atoms with Crippen molar-refractivity contribution in [3.63, 3.8) is 0 Å². The molecule has 0 aliphatic carbocycles. The van der Waals surface area contributed by atoms with Gasteiger partial charge in [-0.05, 0) is 11.8 Å². The van der Waals surface area contributed by atoms with Crippen molar-refractivity contribution in [1.82, 2.24) is 14.5 Å². The van der Waals surface area contributed by atoms with Crippen molar-refractivity contribution in [3.05, 3.63) is 18.2 Å². The van der Waals surface area contributed by atoms with Crippen molar-refractivity contribution in [2.24, 2.45) is 17.1 Å². The predicted octanol–water partition coefficient (Wildman–Crippen LogP) is 1.24. The molecule has 106 valence electrons. The Bertz CT molecular complexity index is 447. The molecule has 0 saturated heterocycles. The van der Waals surface area contributed by atoms with E-state index in [4.69, 9.17) is 5.73 Å². The van der Waals surface area contributed by atoms with E-state index >= 15 is 0 Å². The second-order valence-corrected chi connectivity index (χ2v) is 6.49. The molecule has 0 saturated carbocycles. The van der Waals surface area contributed by atoms with Crippen LogP contribution in [0.3, 0.4) is 0 Å². The third-order valence-electron chi connectivity index (χ3n) is 3.55. The molecule has 2 rings (SSSR count). The van der Waals surface area contributed by atoms with Crippen LogP contribution in [0.4, 0.5) is 0 Å². The first kappa shape index (κ1) is 14.1. The lowest BCUT2D eigenvalue weighted by Gasteiger charge is -2.32. The fourth-order valence-corrected chi connectivity index (χ4v) is 2.63. The second-order valence-electron chi connectivity index (χ2n) is 6.49. The standard InChI is InChI=1S/C14H24N4O/c1-14(2,3)8-11(9-15)13(19)18-7-6-17-5-4-16-12(17)10-18/h4-5,11H,6-10,15H2,1-3H3. The lowest BCUT2D eigenvalue weighted by Crippen LogP contribution is -2.44. The molecule has 0 radical (unpaired) electrons. The minimum Gasteiger partial charge on any atom is -0.333 e. The van der Waals surface area contributed by atoms with Crippen LogP contribution in [-0.2, 0) is 17.9 Å². The summed E-state index contributed by atoms with van der Waals surface area (Å²) in [5.74, 6) is 1.05. The Labute approximate surface area is 114 Å². The van der Waals surface area contributed by atoms with Crippen LogP contribution in [0.15, 0.2) is 12.4 Å². The third kappa shape index (κ3) is 3.35. The number of hydrogen-bond donors (Lipinski definition) is 1. The summed E-state index contributed by atoms with van der Waals surface area (Å²) in [6.45, 7) is 9.04. The van der Waals surface area contributed by atoms with Crippen LogP contribution in [0.25, 0.3) is 0 Å². The number of imidazole rings is 1. The van der Waals surface area contributed by atoms with E-state index < -0.39 is 0 Å². The molecule has 1 atom stereocenters. The van der Waals surface area contributed by atoms with Gasteiger partial charge in [-0.2, -0.15) is 0 Å². The van der Waals surface area contributed by atoms with Crippen molar-refractivity contribution in [2.45, 2.75) is 40.3 Å². The van der Waals surface area contributed by atoms with Crippen LogP contribution in [0.1, 0.15) is 33.0 Å². The molecule has 1 aromatic heterocycles. The van der Waals surface area contributed by atoms with Crippen LogP contribution < -0.4 is 5.73 Å². The Morgan fingerprint density at radius 2 is 2.21 bits per heavy atom. The number of hydrogen-bond acceptors (Lipinski definition) is 3. The van der Waals surface area contributed by atoms with E-state index in [-0.39, 0.29) is 17.2 Å². The van der Waals surface area contributed by atoms with Gasteiger partial charge in [-0.25, -0.2) is 4.98 Å². The highest BCUT2D eigenvalue weighted by Gasteiger charge is 2.29. The number of rotatable bonds is 3. The molecule has 1 unspecified atom stereocenters. The Hall–Kier alpha value is -1.36. The van der Waals surface area contributed by atoms with Crippen LogP contribution in [0, 0.1) is 11.3 Å². The second kappa shape index (κ2) is 5.33. The zero-order valence-electron chi connectivity index (χ0n) is 12.1. The minimum absolute atomic E-state index is 0.0819. The first-order valence-electron chi connectivity index (χ1n) is 6.89. The maximum atomic E-state index is 12.5. The molecular weight excluding hydrogens is 240 g/mol. The lowest BCUT2D eigenvalue weighted by atomic mass is 9.84. The number of nitrogens with two attached hydrogens (primary N) is 1. The molecule has 2 N–H and O–H groups in total. The fourth-order valence-electron chi connectivity index (χ4n) is 2.63. The van der Waals surface area contributed by atoms with Crippen LogP contribution in [-0.4, -0.2) is 33.4 Å². The Morgan fingerprint density at radius 1 is 1.47 bits per heavy atom. The third-order valence-corrected chi connectivity index (χ3v) is 3.55. The van der Waals surface area contributed by atoms with E-state index in [9.17, 15) is 4.79 Å². The molecule has 5 nitrogen and oxygen atoms in total. The van der Waals surface area contributed by atoms with Gasteiger partial charge in [0, 0.05) is 32.0 Å². The number of carbonyl (C=O) groups is 1. The number of fused-ring (bicyclic) bond motifs is 1. The fraction of sp³-hybridized carbons (Fsp3) is 0.714. The van der Waals surface area contributed by atoms with Crippen molar-refractivity contribution >= 4 is 5.91 Å². The van der Waals surface area contributed by atoms with Crippen molar-refractivity contribution < 1.29 is 4.79 Å². The maximum absolute atomic E-state index is 12.5. The SMILES string of the molecule is CC(C)(C)CC(CN)C(=O)N1CCn2ccnc2C1. The lowest BCUT2D eigenvalue weighted by molar-refractivity contribution is -0.137. The maximum Gasteiger partial charge on any atom is 0.227 e. The topological polar surface area (TPSA) is 64.2 Å². The molecule has 1 aliphatic heterocycles. The Morgan fingerprint density at radius 3 is 2.84 bits per heavy atom. The highest BCUT2D eigenvalue weighted by molar-refractivity contribution is 5.79. The first-order valence-corrected chi connectivity index (χ1v) is 6.89. The van der Waals surface area contributed by atoms with Gasteiger partial charge in [0.05, 0.1) is 12.5 Å². The summed E-state index contributed by atoms with van der Waals surface area (Å²) in [5, 5.41) is 0. The molecule has 19 heavy (non-hydrogen) atoms. The van der Waals surface area contributed by atoms with Crippen LogP contribution >= 0.6 is 0 Å². The normalized spacial score (nSPS) is 17.2. The van der Waals surface area contributed by atoms with Gasteiger partial charge in [0.25, 0.3) is 0 Å². The molecule has 0 fully saturated rings. The van der Waals surface area contributed by atoms with Gasteiger partial charge >= 0.3 is 0 Å². The molecule has 0 aromatic carbocycles. The van der Waals surface area contributed by atoms with Crippen LogP contribution in [0.5, 0.6) is 0 Å². The molecule has 1 aliphatic rings. The van der Waals surface area contributed by atoms with Gasteiger partial charge in [-0.3, -0.25) is 4.79 Å². The predicted molar refractivity (Wildman–Crippen MR) is 74.3 cm³/mol. The summed E-state index contributed by atoms with van der Waals surface area (Å²) < 4.78 is 2.10. The van der Waals surface area contributed by atoms with E-state index in [1.807, 2.05) is 11.1 Å². The van der Waals surface area contributed by atoms with Gasteiger partial charge in [0.1, 0.15) is 5.82 Å². The first-order chi connectivity index (χ1) is 8.90. The largest absolute Gasteiger partial charge is 0.333 e. The smallest absolute Gasteiger partial charge is 0.227 e. The molecule has 1 aromatic rings. The van der Waals surface area contributed by atoms with E-state index in [0.29, 0.717) is 13.1 Å². The quantitative estimate of drug-likeness (QED) is 0.893. The van der Waals surface area contributed by atoms with E-state index in [0.717, 1.165) is 25.3 Å². The number of carbonyl (C=O) groups excluding carboxylic acids is 1. The summed E-state index contributed by atoms with van der Waals surface area (Å²) in [6, 6.07) is 0. The zero-order chi connectivity index (χ0) is 14.0. The summed E-state index contributed by atoms with van der Waals surface area (Å²) >= 11 is 0. The Balaban J connectivity index is 2.03. The minimum atomic E-state index is -0.0819. The van der Waals surface area contributed by atoms with E-state index in [2.05, 4.69) is 30.3 Å². The van der Waals surface area contributed by atoms with Crippen molar-refractivity contribution in [1.29, 1.82) is 0 Å². The highest BCUT2D eigenvalue weighted by atomic mass is 16.2. The van der Waals surface area contributed by atoms with Gasteiger partial charge < -0.3 is 15.2 Å². The van der Waals surface area contributed by atoms with Gasteiger partial charge in [-0.1, -0.05) is 20.8 Å². The highest BCUT2D eigenvalue weighted by Crippen LogP contribution is 2.26. The molecule has 2 heterocycles. The van der Waals surface area contributed by atoms with E-state index in [1.165, 1.54) is 0 Å². The average molecular weight is 264 g/mol. The van der Waals surface area contributed by atoms with E-state index in [1.54, 1.807) is 6.20 Å².